The van der Waals surface area contributed by atoms with E-state index in [0.29, 0.717) is 0 Å². The van der Waals surface area contributed by atoms with Crippen LogP contribution in [0.2, 0.25) is 0 Å². The van der Waals surface area contributed by atoms with Crippen molar-refractivity contribution >= 4 is 44.7 Å². The minimum absolute atomic E-state index is 0.562. The first kappa shape index (κ1) is 7.33. The van der Waals surface area contributed by atoms with Gasteiger partial charge in [0.15, 0.2) is 0 Å². The van der Waals surface area contributed by atoms with Crippen LogP contribution in [0.1, 0.15) is 0 Å². The zero-order chi connectivity index (χ0) is 5.86. The number of hydrogen-bond acceptors (Lipinski definition) is 3. The quantitative estimate of drug-likeness (QED) is 0.297. The van der Waals surface area contributed by atoms with E-state index in [1.165, 1.54) is 35.4 Å². The summed E-state index contributed by atoms with van der Waals surface area (Å²) in [5.74, 6) is 0. The topological polar surface area (TPSA) is 43.4 Å². The van der Waals surface area contributed by atoms with E-state index < -0.39 is 9.28 Å². The first-order valence-electron chi connectivity index (χ1n) is 1.82. The summed E-state index contributed by atoms with van der Waals surface area (Å²) in [4.78, 5) is 19.6. The Morgan fingerprint density at radius 1 is 1.14 bits per heavy atom. The van der Waals surface area contributed by atoms with Crippen LogP contribution in [0.3, 0.4) is 0 Å². The maximum atomic E-state index is 9.81. The Hall–Kier alpha value is 0.335. The molecular formula is C2Li2O3. The fourth-order valence-corrected chi connectivity index (χ4v) is 0.202. The molecule has 0 N–H and O–H groups in total. The molecule has 0 aliphatic rings. The summed E-state index contributed by atoms with van der Waals surface area (Å²) in [6.45, 7) is 0. The Balaban J connectivity index is 3.32. The van der Waals surface area contributed by atoms with Crippen molar-refractivity contribution < 1.29 is 14.3 Å². The summed E-state index contributed by atoms with van der Waals surface area (Å²) in [5, 5.41) is 0. The molecule has 5 heteroatoms. The van der Waals surface area contributed by atoms with Gasteiger partial charge in [-0.05, 0) is 0 Å². The van der Waals surface area contributed by atoms with Crippen molar-refractivity contribution in [1.29, 1.82) is 0 Å². The Morgan fingerprint density at radius 3 is 1.43 bits per heavy atom. The van der Waals surface area contributed by atoms with Gasteiger partial charge in [-0.3, -0.25) is 0 Å². The van der Waals surface area contributed by atoms with Crippen molar-refractivity contribution in [2.45, 2.75) is 0 Å². The van der Waals surface area contributed by atoms with E-state index in [9.17, 15) is 9.59 Å². The van der Waals surface area contributed by atoms with E-state index >= 15 is 0 Å². The molecule has 3 nitrogen and oxygen atoms in total. The summed E-state index contributed by atoms with van der Waals surface area (Å²) < 4.78 is 2.85. The molecule has 0 atom stereocenters. The van der Waals surface area contributed by atoms with Crippen LogP contribution in [-0.2, 0) is 4.74 Å². The molecular weight excluding hydrogens is 85.9 g/mol. The summed E-state index contributed by atoms with van der Waals surface area (Å²) >= 11 is 2.36. The molecule has 0 amide bonds. The average molecular weight is 85.9 g/mol. The summed E-state index contributed by atoms with van der Waals surface area (Å²) in [6, 6.07) is 0. The number of carbonyl (C=O) groups excluding carboxylic acids is 2. The number of carbonyl (C=O) groups is 2. The van der Waals surface area contributed by atoms with Gasteiger partial charge in [0.1, 0.15) is 0 Å². The van der Waals surface area contributed by atoms with Crippen LogP contribution in [0.4, 0.5) is 9.59 Å². The third kappa shape index (κ3) is 6.33. The van der Waals surface area contributed by atoms with Gasteiger partial charge in [0.05, 0.1) is 0 Å². The molecule has 0 aromatic carbocycles. The van der Waals surface area contributed by atoms with Gasteiger partial charge in [-0.25, -0.2) is 0 Å². The van der Waals surface area contributed by atoms with Crippen LogP contribution in [0.5, 0.6) is 0 Å². The molecule has 0 saturated heterocycles. The van der Waals surface area contributed by atoms with Crippen molar-refractivity contribution in [1.82, 2.24) is 0 Å². The molecule has 0 unspecified atom stereocenters. The van der Waals surface area contributed by atoms with E-state index in [1.807, 2.05) is 0 Å². The van der Waals surface area contributed by atoms with Crippen LogP contribution < -0.4 is 0 Å². The summed E-state index contributed by atoms with van der Waals surface area (Å²) in [6.07, 6.45) is 0. The first-order valence-corrected chi connectivity index (χ1v) is 1.82. The van der Waals surface area contributed by atoms with Gasteiger partial charge in [-0.2, -0.15) is 0 Å². The zero-order valence-electron chi connectivity index (χ0n) is 4.22. The van der Waals surface area contributed by atoms with Gasteiger partial charge in [0, 0.05) is 0 Å². The minimum atomic E-state index is -0.562. The molecule has 0 bridgehead atoms. The van der Waals surface area contributed by atoms with Gasteiger partial charge >= 0.3 is 59.0 Å². The maximum absolute atomic E-state index is 9.81. The zero-order valence-corrected chi connectivity index (χ0v) is 4.22. The third-order valence-corrected chi connectivity index (χ3v) is 0.287. The van der Waals surface area contributed by atoms with Gasteiger partial charge in [-0.1, -0.05) is 0 Å². The standard InChI is InChI=1S/C2O3.2Li/c3-1-5-2-4;;. The van der Waals surface area contributed by atoms with Gasteiger partial charge in [0.25, 0.3) is 0 Å². The Morgan fingerprint density at radius 2 is 1.43 bits per heavy atom. The second-order valence-electron chi connectivity index (χ2n) is 1.09. The van der Waals surface area contributed by atoms with Crippen molar-refractivity contribution in [3.8, 4) is 0 Å². The van der Waals surface area contributed by atoms with Crippen molar-refractivity contribution in [3.05, 3.63) is 0 Å². The third-order valence-electron chi connectivity index (χ3n) is 0.287. The molecule has 0 aromatic heterocycles. The first-order chi connectivity index (χ1) is 3.13. The Kier molecular flexibility index (Phi) is 3.51. The summed E-state index contributed by atoms with van der Waals surface area (Å²) in [7, 11) is 0. The van der Waals surface area contributed by atoms with E-state index in [-0.39, 0.29) is 0 Å². The van der Waals surface area contributed by atoms with Crippen molar-refractivity contribution in [2.75, 3.05) is 0 Å². The Labute approximate surface area is 59.2 Å². The fraction of sp³-hybridized carbons (Fsp3) is 0. The van der Waals surface area contributed by atoms with Crippen molar-refractivity contribution in [3.63, 3.8) is 0 Å². The molecule has 0 aliphatic carbocycles. The normalized spacial score (nSPS) is 8.00. The SMILES string of the molecule is [Li][C](=O)O[C]([Li])=O. The average Bonchev–Trinajstić information content (AvgIpc) is 1.27. The van der Waals surface area contributed by atoms with Gasteiger partial charge in [0.2, 0.25) is 0 Å². The van der Waals surface area contributed by atoms with E-state index in [2.05, 4.69) is 4.74 Å². The predicted octanol–water partition coefficient (Wildman–Crippen LogP) is -0.420. The van der Waals surface area contributed by atoms with Crippen LogP contribution in [0, 0.1) is 0 Å². The van der Waals surface area contributed by atoms with E-state index in [0.717, 1.165) is 0 Å². The molecule has 0 heterocycles. The molecule has 0 saturated carbocycles. The van der Waals surface area contributed by atoms with E-state index in [1.54, 1.807) is 0 Å². The second-order valence-corrected chi connectivity index (χ2v) is 1.09. The van der Waals surface area contributed by atoms with Crippen LogP contribution >= 0.6 is 0 Å². The molecule has 28 valence electrons. The van der Waals surface area contributed by atoms with Crippen LogP contribution in [0.15, 0.2) is 0 Å². The molecule has 0 radical (unpaired) electrons. The molecule has 0 rings (SSSR count). The van der Waals surface area contributed by atoms with E-state index in [4.69, 9.17) is 0 Å². The molecule has 0 spiro atoms. The fourth-order valence-electron chi connectivity index (χ4n) is 0.202. The number of rotatable bonds is 0. The van der Waals surface area contributed by atoms with Gasteiger partial charge in [-0.15, -0.1) is 0 Å². The number of hydrogen-bond donors (Lipinski definition) is 0. The predicted molar refractivity (Wildman–Crippen MR) is 23.4 cm³/mol. The molecule has 0 fully saturated rings. The molecule has 7 heavy (non-hydrogen) atoms. The molecule has 0 aromatic rings. The summed E-state index contributed by atoms with van der Waals surface area (Å²) in [5.41, 5.74) is 0. The number of ether oxygens (including phenoxy) is 1. The second kappa shape index (κ2) is 3.35. The van der Waals surface area contributed by atoms with Gasteiger partial charge < -0.3 is 0 Å². The Bertz CT molecular complexity index is 87.1. The molecule has 0 aliphatic heterocycles. The van der Waals surface area contributed by atoms with Crippen LogP contribution in [0.25, 0.3) is 0 Å². The van der Waals surface area contributed by atoms with Crippen molar-refractivity contribution in [2.24, 2.45) is 0 Å². The van der Waals surface area contributed by atoms with Crippen LogP contribution in [-0.4, -0.2) is 44.7 Å². The monoisotopic (exact) mass is 86.0 g/mol.